The minimum Gasteiger partial charge on any atom is -0.493 e. The molecule has 6 heteroatoms. The molecule has 4 nitrogen and oxygen atoms in total. The van der Waals surface area contributed by atoms with Gasteiger partial charge in [-0.2, -0.15) is 0 Å². The van der Waals surface area contributed by atoms with Crippen LogP contribution in [0, 0.1) is 5.92 Å². The minimum absolute atomic E-state index is 0.0159. The zero-order valence-electron chi connectivity index (χ0n) is 12.1. The van der Waals surface area contributed by atoms with E-state index in [1.54, 1.807) is 0 Å². The maximum Gasteiger partial charge on any atom is 0.150 e. The van der Waals surface area contributed by atoms with E-state index in [2.05, 4.69) is 5.32 Å². The van der Waals surface area contributed by atoms with E-state index in [1.165, 1.54) is 0 Å². The standard InChI is InChI=1S/C15H20ClNO3S/c1-2-17-14(11-4-6-21(18,19)9-11)13-8-12(16)7-10-3-5-20-15(10)13/h7-8,11,14,17H,2-6,9H2,1H3. The van der Waals surface area contributed by atoms with Gasteiger partial charge < -0.3 is 10.1 Å². The molecule has 1 saturated heterocycles. The summed E-state index contributed by atoms with van der Waals surface area (Å²) in [5, 5.41) is 4.13. The lowest BCUT2D eigenvalue weighted by Gasteiger charge is -2.26. The highest BCUT2D eigenvalue weighted by molar-refractivity contribution is 7.91. The first kappa shape index (κ1) is 15.1. The Bertz CT molecular complexity index is 645. The van der Waals surface area contributed by atoms with Crippen LogP contribution in [0.5, 0.6) is 5.75 Å². The second-order valence-electron chi connectivity index (χ2n) is 5.78. The topological polar surface area (TPSA) is 55.4 Å². The number of nitrogens with one attached hydrogen (secondary N) is 1. The molecule has 3 rings (SSSR count). The summed E-state index contributed by atoms with van der Waals surface area (Å²) >= 11 is 6.23. The van der Waals surface area contributed by atoms with E-state index in [4.69, 9.17) is 16.3 Å². The molecule has 1 fully saturated rings. The molecule has 2 aliphatic heterocycles. The molecule has 1 aromatic carbocycles. The van der Waals surface area contributed by atoms with E-state index in [-0.39, 0.29) is 23.5 Å². The number of halogens is 1. The molecule has 116 valence electrons. The number of sulfone groups is 1. The van der Waals surface area contributed by atoms with Crippen LogP contribution in [0.4, 0.5) is 0 Å². The van der Waals surface area contributed by atoms with E-state index in [9.17, 15) is 8.42 Å². The van der Waals surface area contributed by atoms with Gasteiger partial charge in [0, 0.05) is 23.0 Å². The van der Waals surface area contributed by atoms with Gasteiger partial charge in [-0.25, -0.2) is 8.42 Å². The lowest BCUT2D eigenvalue weighted by molar-refractivity contribution is 0.335. The molecule has 2 atom stereocenters. The molecule has 0 aliphatic carbocycles. The van der Waals surface area contributed by atoms with Crippen LogP contribution in [0.3, 0.4) is 0 Å². The van der Waals surface area contributed by atoms with Gasteiger partial charge in [0.15, 0.2) is 9.84 Å². The Balaban J connectivity index is 1.98. The SMILES string of the molecule is CCNC(c1cc(Cl)cc2c1OCC2)C1CCS(=O)(=O)C1. The second kappa shape index (κ2) is 5.78. The van der Waals surface area contributed by atoms with Crippen molar-refractivity contribution in [1.29, 1.82) is 0 Å². The Morgan fingerprint density at radius 2 is 2.29 bits per heavy atom. The molecule has 0 spiro atoms. The molecule has 21 heavy (non-hydrogen) atoms. The fourth-order valence-corrected chi connectivity index (χ4v) is 5.46. The monoisotopic (exact) mass is 329 g/mol. The van der Waals surface area contributed by atoms with Crippen molar-refractivity contribution in [2.75, 3.05) is 24.7 Å². The number of hydrogen-bond donors (Lipinski definition) is 1. The first-order valence-electron chi connectivity index (χ1n) is 7.39. The molecular formula is C15H20ClNO3S. The molecule has 2 heterocycles. The zero-order chi connectivity index (χ0) is 15.0. The smallest absolute Gasteiger partial charge is 0.150 e. The van der Waals surface area contributed by atoms with Gasteiger partial charge >= 0.3 is 0 Å². The van der Waals surface area contributed by atoms with Crippen LogP contribution >= 0.6 is 11.6 Å². The third-order valence-electron chi connectivity index (χ3n) is 4.28. The summed E-state index contributed by atoms with van der Waals surface area (Å²) in [7, 11) is -2.90. The van der Waals surface area contributed by atoms with Gasteiger partial charge in [-0.05, 0) is 36.6 Å². The molecule has 2 aliphatic rings. The van der Waals surface area contributed by atoms with E-state index < -0.39 is 9.84 Å². The lowest BCUT2D eigenvalue weighted by atomic mass is 9.90. The Morgan fingerprint density at radius 3 is 2.95 bits per heavy atom. The molecule has 0 radical (unpaired) electrons. The van der Waals surface area contributed by atoms with Crippen LogP contribution in [0.2, 0.25) is 5.02 Å². The number of benzene rings is 1. The molecule has 0 aromatic heterocycles. The molecular weight excluding hydrogens is 310 g/mol. The van der Waals surface area contributed by atoms with Gasteiger partial charge in [0.25, 0.3) is 0 Å². The Labute approximate surface area is 130 Å². The minimum atomic E-state index is -2.90. The Hall–Kier alpha value is -0.780. The molecule has 2 unspecified atom stereocenters. The van der Waals surface area contributed by atoms with Crippen LogP contribution in [-0.4, -0.2) is 33.1 Å². The van der Waals surface area contributed by atoms with Crippen LogP contribution in [0.1, 0.15) is 30.5 Å². The van der Waals surface area contributed by atoms with Gasteiger partial charge in [0.05, 0.1) is 18.1 Å². The maximum atomic E-state index is 11.8. The third kappa shape index (κ3) is 3.05. The highest BCUT2D eigenvalue weighted by Gasteiger charge is 2.36. The van der Waals surface area contributed by atoms with Crippen molar-refractivity contribution in [3.05, 3.63) is 28.3 Å². The number of rotatable bonds is 4. The summed E-state index contributed by atoms with van der Waals surface area (Å²) < 4.78 is 29.4. The van der Waals surface area contributed by atoms with Gasteiger partial charge in [-0.3, -0.25) is 0 Å². The van der Waals surface area contributed by atoms with E-state index in [0.717, 1.165) is 29.8 Å². The fraction of sp³-hybridized carbons (Fsp3) is 0.600. The van der Waals surface area contributed by atoms with E-state index in [1.807, 2.05) is 19.1 Å². The van der Waals surface area contributed by atoms with Crippen molar-refractivity contribution in [2.45, 2.75) is 25.8 Å². The molecule has 0 amide bonds. The predicted octanol–water partition coefficient (Wildman–Crippen LogP) is 2.36. The summed E-state index contributed by atoms with van der Waals surface area (Å²) in [5.41, 5.74) is 2.14. The normalized spacial score (nSPS) is 24.6. The van der Waals surface area contributed by atoms with Crippen LogP contribution in [0.25, 0.3) is 0 Å². The van der Waals surface area contributed by atoms with Crippen LogP contribution < -0.4 is 10.1 Å². The van der Waals surface area contributed by atoms with Crippen LogP contribution in [0.15, 0.2) is 12.1 Å². The molecule has 0 saturated carbocycles. The van der Waals surface area contributed by atoms with Crippen molar-refractivity contribution in [3.8, 4) is 5.75 Å². The summed E-state index contributed by atoms with van der Waals surface area (Å²) in [6.07, 6.45) is 1.56. The fourth-order valence-electron chi connectivity index (χ4n) is 3.37. The second-order valence-corrected chi connectivity index (χ2v) is 8.45. The number of ether oxygens (including phenoxy) is 1. The van der Waals surface area contributed by atoms with Crippen molar-refractivity contribution in [3.63, 3.8) is 0 Å². The number of fused-ring (bicyclic) bond motifs is 1. The van der Waals surface area contributed by atoms with Gasteiger partial charge in [0.2, 0.25) is 0 Å². The largest absolute Gasteiger partial charge is 0.493 e. The molecule has 1 aromatic rings. The van der Waals surface area contributed by atoms with Crippen molar-refractivity contribution in [2.24, 2.45) is 5.92 Å². The Morgan fingerprint density at radius 1 is 1.48 bits per heavy atom. The molecule has 1 N–H and O–H groups in total. The van der Waals surface area contributed by atoms with Gasteiger partial charge in [0.1, 0.15) is 5.75 Å². The maximum absolute atomic E-state index is 11.8. The van der Waals surface area contributed by atoms with Crippen molar-refractivity contribution in [1.82, 2.24) is 5.32 Å². The Kier molecular flexibility index (Phi) is 4.17. The zero-order valence-corrected chi connectivity index (χ0v) is 13.6. The van der Waals surface area contributed by atoms with Gasteiger partial charge in [-0.15, -0.1) is 0 Å². The predicted molar refractivity (Wildman–Crippen MR) is 83.8 cm³/mol. The summed E-state index contributed by atoms with van der Waals surface area (Å²) in [6.45, 7) is 3.48. The first-order chi connectivity index (χ1) is 10.00. The van der Waals surface area contributed by atoms with Crippen molar-refractivity contribution >= 4 is 21.4 Å². The highest BCUT2D eigenvalue weighted by atomic mass is 35.5. The quantitative estimate of drug-likeness (QED) is 0.921. The first-order valence-corrected chi connectivity index (χ1v) is 9.59. The third-order valence-corrected chi connectivity index (χ3v) is 6.29. The summed E-state index contributed by atoms with van der Waals surface area (Å²) in [6, 6.07) is 3.85. The summed E-state index contributed by atoms with van der Waals surface area (Å²) in [4.78, 5) is 0. The van der Waals surface area contributed by atoms with Crippen molar-refractivity contribution < 1.29 is 13.2 Å². The van der Waals surface area contributed by atoms with E-state index in [0.29, 0.717) is 18.1 Å². The lowest BCUT2D eigenvalue weighted by Crippen LogP contribution is -2.29. The molecule has 0 bridgehead atoms. The average molecular weight is 330 g/mol. The highest BCUT2D eigenvalue weighted by Crippen LogP contribution is 2.41. The van der Waals surface area contributed by atoms with Crippen LogP contribution in [-0.2, 0) is 16.3 Å². The number of hydrogen-bond acceptors (Lipinski definition) is 4. The summed E-state index contributed by atoms with van der Waals surface area (Å²) in [5.74, 6) is 1.51. The average Bonchev–Trinajstić information content (AvgIpc) is 3.01. The van der Waals surface area contributed by atoms with E-state index >= 15 is 0 Å². The van der Waals surface area contributed by atoms with Gasteiger partial charge in [-0.1, -0.05) is 18.5 Å².